The van der Waals surface area contributed by atoms with Crippen LogP contribution in [0.4, 0.5) is 17.6 Å². The zero-order valence-electron chi connectivity index (χ0n) is 8.11. The molecule has 1 unspecified atom stereocenters. The molecule has 2 N–H and O–H groups in total. The first-order chi connectivity index (χ1) is 6.79. The summed E-state index contributed by atoms with van der Waals surface area (Å²) in [6.45, 7) is 0.722. The molecule has 0 heterocycles. The molecule has 1 rings (SSSR count). The van der Waals surface area contributed by atoms with Crippen LogP contribution in [-0.2, 0) is 12.2 Å². The van der Waals surface area contributed by atoms with Crippen LogP contribution in [0.2, 0.25) is 0 Å². The van der Waals surface area contributed by atoms with Gasteiger partial charge in [-0.25, -0.2) is 4.39 Å². The van der Waals surface area contributed by atoms with Crippen molar-refractivity contribution in [1.29, 1.82) is 0 Å². The molecule has 1 nitrogen and oxygen atoms in total. The van der Waals surface area contributed by atoms with Crippen molar-refractivity contribution in [2.24, 2.45) is 5.73 Å². The number of hydrogen-bond donors (Lipinski definition) is 1. The van der Waals surface area contributed by atoms with Crippen molar-refractivity contribution in [2.75, 3.05) is 0 Å². The summed E-state index contributed by atoms with van der Waals surface area (Å²) in [5.74, 6) is 0. The van der Waals surface area contributed by atoms with E-state index in [-0.39, 0.29) is 6.54 Å². The maximum atomic E-state index is 13.4. The van der Waals surface area contributed by atoms with E-state index in [2.05, 4.69) is 0 Å². The Morgan fingerprint density at radius 2 is 1.53 bits per heavy atom. The van der Waals surface area contributed by atoms with Crippen LogP contribution in [0, 0.1) is 0 Å². The number of rotatable bonds is 2. The van der Waals surface area contributed by atoms with Gasteiger partial charge in [-0.05, 0) is 18.1 Å². The fraction of sp³-hybridized carbons (Fsp3) is 0.400. The standard InChI is InChI=1S/C10H11F4N/c1-9(11,10(12,13)14)8-4-2-7(6-15)3-5-8/h2-5H,6,15H2,1H3. The van der Waals surface area contributed by atoms with Crippen LogP contribution in [0.1, 0.15) is 18.1 Å². The molecule has 0 spiro atoms. The minimum Gasteiger partial charge on any atom is -0.326 e. The quantitative estimate of drug-likeness (QED) is 0.763. The third-order valence-corrected chi connectivity index (χ3v) is 2.26. The minimum atomic E-state index is -4.91. The van der Waals surface area contributed by atoms with Gasteiger partial charge in [-0.2, -0.15) is 13.2 Å². The predicted octanol–water partition coefficient (Wildman–Crippen LogP) is 2.89. The maximum absolute atomic E-state index is 13.4. The van der Waals surface area contributed by atoms with E-state index in [1.165, 1.54) is 12.1 Å². The lowest BCUT2D eigenvalue weighted by molar-refractivity contribution is -0.228. The van der Waals surface area contributed by atoms with Gasteiger partial charge >= 0.3 is 6.18 Å². The lowest BCUT2D eigenvalue weighted by atomic mass is 9.96. The normalized spacial score (nSPS) is 16.1. The molecular weight excluding hydrogens is 210 g/mol. The summed E-state index contributed by atoms with van der Waals surface area (Å²) in [5.41, 5.74) is 2.21. The lowest BCUT2D eigenvalue weighted by Gasteiger charge is -2.24. The summed E-state index contributed by atoms with van der Waals surface area (Å²) < 4.78 is 50.3. The van der Waals surface area contributed by atoms with Crippen LogP contribution in [0.3, 0.4) is 0 Å². The Morgan fingerprint density at radius 3 is 1.87 bits per heavy atom. The molecule has 0 aliphatic heterocycles. The minimum absolute atomic E-state index is 0.218. The van der Waals surface area contributed by atoms with Gasteiger partial charge in [0.05, 0.1) is 0 Å². The number of halogens is 4. The first-order valence-electron chi connectivity index (χ1n) is 4.34. The summed E-state index contributed by atoms with van der Waals surface area (Å²) in [7, 11) is 0. The molecule has 0 saturated carbocycles. The second-order valence-corrected chi connectivity index (χ2v) is 3.40. The number of alkyl halides is 4. The maximum Gasteiger partial charge on any atom is 0.426 e. The van der Waals surface area contributed by atoms with Gasteiger partial charge < -0.3 is 5.73 Å². The van der Waals surface area contributed by atoms with Crippen LogP contribution in [0.25, 0.3) is 0 Å². The van der Waals surface area contributed by atoms with Gasteiger partial charge in [-0.3, -0.25) is 0 Å². The van der Waals surface area contributed by atoms with Crippen LogP contribution in [0.5, 0.6) is 0 Å². The summed E-state index contributed by atoms with van der Waals surface area (Å²) >= 11 is 0. The first-order valence-corrected chi connectivity index (χ1v) is 4.34. The second-order valence-electron chi connectivity index (χ2n) is 3.40. The molecule has 15 heavy (non-hydrogen) atoms. The Kier molecular flexibility index (Phi) is 3.04. The topological polar surface area (TPSA) is 26.0 Å². The molecule has 84 valence electrons. The molecule has 1 atom stereocenters. The van der Waals surface area contributed by atoms with Crippen LogP contribution >= 0.6 is 0 Å². The Labute approximate surface area is 84.9 Å². The highest BCUT2D eigenvalue weighted by atomic mass is 19.4. The van der Waals surface area contributed by atoms with Gasteiger partial charge in [0.2, 0.25) is 5.67 Å². The Hall–Kier alpha value is -1.10. The molecule has 0 fully saturated rings. The van der Waals surface area contributed by atoms with E-state index < -0.39 is 17.4 Å². The zero-order valence-corrected chi connectivity index (χ0v) is 8.11. The molecule has 0 aliphatic carbocycles. The molecule has 0 amide bonds. The molecule has 0 saturated heterocycles. The summed E-state index contributed by atoms with van der Waals surface area (Å²) in [6, 6.07) is 4.99. The largest absolute Gasteiger partial charge is 0.426 e. The average Bonchev–Trinajstić information content (AvgIpc) is 2.16. The highest BCUT2D eigenvalue weighted by molar-refractivity contribution is 5.28. The summed E-state index contributed by atoms with van der Waals surface area (Å²) in [4.78, 5) is 0. The van der Waals surface area contributed by atoms with Crippen LogP contribution in [0.15, 0.2) is 24.3 Å². The lowest BCUT2D eigenvalue weighted by Crippen LogP contribution is -2.34. The van der Waals surface area contributed by atoms with Crippen molar-refractivity contribution < 1.29 is 17.6 Å². The van der Waals surface area contributed by atoms with Crippen molar-refractivity contribution in [3.8, 4) is 0 Å². The molecular formula is C10H11F4N. The smallest absolute Gasteiger partial charge is 0.326 e. The van der Waals surface area contributed by atoms with Crippen molar-refractivity contribution in [3.63, 3.8) is 0 Å². The Balaban J connectivity index is 3.06. The number of nitrogens with two attached hydrogens (primary N) is 1. The van der Waals surface area contributed by atoms with Crippen molar-refractivity contribution >= 4 is 0 Å². The molecule has 0 aromatic heterocycles. The molecule has 5 heteroatoms. The fourth-order valence-electron chi connectivity index (χ4n) is 1.12. The van der Waals surface area contributed by atoms with Gasteiger partial charge in [0.1, 0.15) is 0 Å². The third-order valence-electron chi connectivity index (χ3n) is 2.26. The monoisotopic (exact) mass is 221 g/mol. The molecule has 0 aliphatic rings. The van der Waals surface area contributed by atoms with Gasteiger partial charge in [-0.15, -0.1) is 0 Å². The van der Waals surface area contributed by atoms with Crippen LogP contribution < -0.4 is 5.73 Å². The third kappa shape index (κ3) is 2.28. The molecule has 0 bridgehead atoms. The van der Waals surface area contributed by atoms with E-state index in [0.717, 1.165) is 12.1 Å². The molecule has 0 radical (unpaired) electrons. The van der Waals surface area contributed by atoms with Gasteiger partial charge in [0, 0.05) is 6.54 Å². The van der Waals surface area contributed by atoms with Crippen molar-refractivity contribution in [3.05, 3.63) is 35.4 Å². The van der Waals surface area contributed by atoms with E-state index >= 15 is 0 Å². The SMILES string of the molecule is CC(F)(c1ccc(CN)cc1)C(F)(F)F. The van der Waals surface area contributed by atoms with E-state index in [9.17, 15) is 17.6 Å². The summed E-state index contributed by atoms with van der Waals surface area (Å²) in [6.07, 6.45) is -4.91. The van der Waals surface area contributed by atoms with E-state index in [1.54, 1.807) is 0 Å². The highest BCUT2D eigenvalue weighted by Crippen LogP contribution is 2.41. The molecule has 1 aromatic carbocycles. The zero-order chi connectivity index (χ0) is 11.7. The van der Waals surface area contributed by atoms with Gasteiger partial charge in [0.15, 0.2) is 0 Å². The second kappa shape index (κ2) is 3.81. The van der Waals surface area contributed by atoms with E-state index in [1.807, 2.05) is 0 Å². The van der Waals surface area contributed by atoms with Crippen molar-refractivity contribution in [1.82, 2.24) is 0 Å². The number of benzene rings is 1. The van der Waals surface area contributed by atoms with Gasteiger partial charge in [-0.1, -0.05) is 24.3 Å². The summed E-state index contributed by atoms with van der Waals surface area (Å²) in [5, 5.41) is 0. The van der Waals surface area contributed by atoms with E-state index in [0.29, 0.717) is 12.5 Å². The highest BCUT2D eigenvalue weighted by Gasteiger charge is 2.53. The van der Waals surface area contributed by atoms with Crippen molar-refractivity contribution in [2.45, 2.75) is 25.3 Å². The van der Waals surface area contributed by atoms with E-state index in [4.69, 9.17) is 5.73 Å². The molecule has 1 aromatic rings. The fourth-order valence-corrected chi connectivity index (χ4v) is 1.12. The first kappa shape index (κ1) is 12.0. The Bertz CT molecular complexity index is 326. The van der Waals surface area contributed by atoms with Crippen LogP contribution in [-0.4, -0.2) is 6.18 Å². The van der Waals surface area contributed by atoms with Gasteiger partial charge in [0.25, 0.3) is 0 Å². The number of hydrogen-bond acceptors (Lipinski definition) is 1. The predicted molar refractivity (Wildman–Crippen MR) is 48.8 cm³/mol. The average molecular weight is 221 g/mol. The Morgan fingerprint density at radius 1 is 1.07 bits per heavy atom.